The topological polar surface area (TPSA) is 60.3 Å². The van der Waals surface area contributed by atoms with Crippen molar-refractivity contribution >= 4 is 49.8 Å². The van der Waals surface area contributed by atoms with Crippen molar-refractivity contribution in [2.45, 2.75) is 33.7 Å². The van der Waals surface area contributed by atoms with Gasteiger partial charge in [0.2, 0.25) is 0 Å². The molecule has 1 aromatic carbocycles. The molecule has 4 rings (SSSR count). The summed E-state index contributed by atoms with van der Waals surface area (Å²) >= 11 is 2.94. The monoisotopic (exact) mass is 452 g/mol. The molecule has 160 valence electrons. The molecular formula is C24H24N2O3S2. The summed E-state index contributed by atoms with van der Waals surface area (Å²) in [6.45, 7) is 8.17. The molecule has 1 amide bonds. The molecule has 0 saturated heterocycles. The van der Waals surface area contributed by atoms with Gasteiger partial charge in [0.15, 0.2) is 0 Å². The number of ether oxygens (including phenoxy) is 1. The highest BCUT2D eigenvalue weighted by molar-refractivity contribution is 7.17. The molecule has 1 N–H and O–H groups in total. The van der Waals surface area contributed by atoms with E-state index in [0.29, 0.717) is 16.3 Å². The first-order valence-electron chi connectivity index (χ1n) is 10.2. The van der Waals surface area contributed by atoms with Crippen molar-refractivity contribution < 1.29 is 14.3 Å². The van der Waals surface area contributed by atoms with Gasteiger partial charge in [0.05, 0.1) is 16.8 Å². The molecule has 0 radical (unpaired) electrons. The second-order valence-electron chi connectivity index (χ2n) is 7.56. The van der Waals surface area contributed by atoms with Gasteiger partial charge in [0.25, 0.3) is 5.91 Å². The molecule has 31 heavy (non-hydrogen) atoms. The predicted molar refractivity (Wildman–Crippen MR) is 129 cm³/mol. The number of thiophene rings is 2. The van der Waals surface area contributed by atoms with Crippen LogP contribution in [0.25, 0.3) is 21.3 Å². The van der Waals surface area contributed by atoms with E-state index in [1.54, 1.807) is 18.3 Å². The number of fused-ring (bicyclic) bond motifs is 1. The maximum absolute atomic E-state index is 13.3. The molecule has 0 aliphatic rings. The van der Waals surface area contributed by atoms with E-state index < -0.39 is 5.97 Å². The molecule has 0 atom stereocenters. The number of hydrogen-bond acceptors (Lipinski definition) is 5. The van der Waals surface area contributed by atoms with Gasteiger partial charge in [-0.1, -0.05) is 29.8 Å². The lowest BCUT2D eigenvalue weighted by Crippen LogP contribution is -2.19. The standard InChI is InChI=1S/C24H24N2O3S2/c1-5-29-24(28)21-17(16-8-6-15(4)7-9-16)13-31-23(21)25-22(27)19-12-20-18(10-11-30-20)26(19)14(2)3/h6-14H,5H2,1-4H3,(H,25,27). The summed E-state index contributed by atoms with van der Waals surface area (Å²) in [5.74, 6) is -0.671. The molecule has 3 heterocycles. The van der Waals surface area contributed by atoms with E-state index in [4.69, 9.17) is 4.74 Å². The van der Waals surface area contributed by atoms with Gasteiger partial charge in [-0.25, -0.2) is 4.79 Å². The Morgan fingerprint density at radius 3 is 2.55 bits per heavy atom. The molecule has 0 fully saturated rings. The summed E-state index contributed by atoms with van der Waals surface area (Å²) in [5, 5.41) is 7.40. The number of anilines is 1. The Bertz CT molecular complexity index is 1250. The van der Waals surface area contributed by atoms with Crippen LogP contribution in [0.15, 0.2) is 47.2 Å². The molecule has 0 aliphatic carbocycles. The number of carbonyl (C=O) groups is 2. The summed E-state index contributed by atoms with van der Waals surface area (Å²) in [6, 6.07) is 12.0. The molecule has 0 unspecified atom stereocenters. The van der Waals surface area contributed by atoms with Gasteiger partial charge in [0, 0.05) is 17.0 Å². The zero-order valence-electron chi connectivity index (χ0n) is 17.9. The van der Waals surface area contributed by atoms with Crippen molar-refractivity contribution in [2.24, 2.45) is 0 Å². The molecule has 4 aromatic rings. The first-order valence-corrected chi connectivity index (χ1v) is 11.9. The highest BCUT2D eigenvalue weighted by atomic mass is 32.1. The van der Waals surface area contributed by atoms with E-state index in [9.17, 15) is 9.59 Å². The van der Waals surface area contributed by atoms with Gasteiger partial charge in [-0.15, -0.1) is 22.7 Å². The normalized spacial score (nSPS) is 11.3. The largest absolute Gasteiger partial charge is 0.462 e. The van der Waals surface area contributed by atoms with E-state index in [2.05, 4.69) is 19.2 Å². The molecule has 0 bridgehead atoms. The Balaban J connectivity index is 1.74. The number of carbonyl (C=O) groups excluding carboxylic acids is 2. The first kappa shape index (κ1) is 21.3. The quantitative estimate of drug-likeness (QED) is 0.329. The van der Waals surface area contributed by atoms with Crippen molar-refractivity contribution in [3.05, 3.63) is 64.0 Å². The van der Waals surface area contributed by atoms with Crippen LogP contribution in [-0.2, 0) is 4.74 Å². The highest BCUT2D eigenvalue weighted by Gasteiger charge is 2.25. The van der Waals surface area contributed by atoms with E-state index in [0.717, 1.165) is 26.9 Å². The second kappa shape index (κ2) is 8.69. The van der Waals surface area contributed by atoms with Crippen molar-refractivity contribution in [3.63, 3.8) is 0 Å². The lowest BCUT2D eigenvalue weighted by atomic mass is 10.0. The number of nitrogens with zero attached hydrogens (tertiary/aromatic N) is 1. The number of amides is 1. The highest BCUT2D eigenvalue weighted by Crippen LogP contribution is 2.37. The third-order valence-corrected chi connectivity index (χ3v) is 6.82. The first-order chi connectivity index (χ1) is 14.9. The van der Waals surface area contributed by atoms with Gasteiger partial charge in [-0.05, 0) is 50.8 Å². The minimum atomic E-state index is -0.435. The fourth-order valence-corrected chi connectivity index (χ4v) is 5.41. The number of aromatic nitrogens is 1. The van der Waals surface area contributed by atoms with Crippen LogP contribution in [0.5, 0.6) is 0 Å². The fourth-order valence-electron chi connectivity index (χ4n) is 3.64. The second-order valence-corrected chi connectivity index (χ2v) is 9.38. The summed E-state index contributed by atoms with van der Waals surface area (Å²) in [6.07, 6.45) is 0. The maximum Gasteiger partial charge on any atom is 0.341 e. The number of benzene rings is 1. The lowest BCUT2D eigenvalue weighted by molar-refractivity contribution is 0.0529. The number of nitrogens with one attached hydrogen (secondary N) is 1. The number of rotatable bonds is 6. The molecular weight excluding hydrogens is 428 g/mol. The van der Waals surface area contributed by atoms with Crippen LogP contribution in [0.2, 0.25) is 0 Å². The fraction of sp³-hybridized carbons (Fsp3) is 0.250. The average molecular weight is 453 g/mol. The van der Waals surface area contributed by atoms with E-state index in [1.807, 2.05) is 58.6 Å². The van der Waals surface area contributed by atoms with Gasteiger partial charge in [-0.3, -0.25) is 4.79 Å². The van der Waals surface area contributed by atoms with Crippen LogP contribution < -0.4 is 5.32 Å². The van der Waals surface area contributed by atoms with E-state index >= 15 is 0 Å². The van der Waals surface area contributed by atoms with Crippen LogP contribution >= 0.6 is 22.7 Å². The zero-order valence-corrected chi connectivity index (χ0v) is 19.5. The van der Waals surface area contributed by atoms with Crippen LogP contribution in [0.1, 0.15) is 53.2 Å². The van der Waals surface area contributed by atoms with Crippen LogP contribution in [0.3, 0.4) is 0 Å². The molecule has 3 aromatic heterocycles. The Morgan fingerprint density at radius 2 is 1.87 bits per heavy atom. The number of esters is 1. The van der Waals surface area contributed by atoms with Crippen molar-refractivity contribution in [1.82, 2.24) is 4.57 Å². The van der Waals surface area contributed by atoms with Crippen LogP contribution in [0.4, 0.5) is 5.00 Å². The van der Waals surface area contributed by atoms with Crippen molar-refractivity contribution in [1.29, 1.82) is 0 Å². The Labute approximate surface area is 189 Å². The molecule has 7 heteroatoms. The Morgan fingerprint density at radius 1 is 1.13 bits per heavy atom. The smallest absolute Gasteiger partial charge is 0.341 e. The number of aryl methyl sites for hydroxylation is 1. The molecule has 5 nitrogen and oxygen atoms in total. The summed E-state index contributed by atoms with van der Waals surface area (Å²) in [4.78, 5) is 26.1. The third kappa shape index (κ3) is 4.03. The minimum Gasteiger partial charge on any atom is -0.462 e. The Kier molecular flexibility index (Phi) is 5.98. The van der Waals surface area contributed by atoms with Crippen LogP contribution in [-0.4, -0.2) is 23.1 Å². The van der Waals surface area contributed by atoms with Crippen molar-refractivity contribution in [2.75, 3.05) is 11.9 Å². The van der Waals surface area contributed by atoms with Gasteiger partial charge >= 0.3 is 5.97 Å². The molecule has 0 spiro atoms. The number of hydrogen-bond donors (Lipinski definition) is 1. The van der Waals surface area contributed by atoms with Gasteiger partial charge in [0.1, 0.15) is 16.3 Å². The van der Waals surface area contributed by atoms with E-state index in [-0.39, 0.29) is 18.6 Å². The minimum absolute atomic E-state index is 0.129. The van der Waals surface area contributed by atoms with Gasteiger partial charge < -0.3 is 14.6 Å². The summed E-state index contributed by atoms with van der Waals surface area (Å²) in [7, 11) is 0. The van der Waals surface area contributed by atoms with Crippen LogP contribution in [0, 0.1) is 6.92 Å². The predicted octanol–water partition coefficient (Wildman–Crippen LogP) is 6.75. The lowest BCUT2D eigenvalue weighted by Gasteiger charge is -2.14. The molecule has 0 saturated carbocycles. The summed E-state index contributed by atoms with van der Waals surface area (Å²) < 4.78 is 8.40. The van der Waals surface area contributed by atoms with E-state index in [1.165, 1.54) is 11.3 Å². The SMILES string of the molecule is CCOC(=O)c1c(-c2ccc(C)cc2)csc1NC(=O)c1cc2sccc2n1C(C)C. The zero-order chi connectivity index (χ0) is 22.1. The summed E-state index contributed by atoms with van der Waals surface area (Å²) in [5.41, 5.74) is 4.84. The average Bonchev–Trinajstić information content (AvgIpc) is 3.42. The van der Waals surface area contributed by atoms with Crippen molar-refractivity contribution in [3.8, 4) is 11.1 Å². The molecule has 0 aliphatic heterocycles. The van der Waals surface area contributed by atoms with Gasteiger partial charge in [-0.2, -0.15) is 0 Å². The Hall–Kier alpha value is -2.90. The maximum atomic E-state index is 13.3. The third-order valence-electron chi connectivity index (χ3n) is 5.07.